The van der Waals surface area contributed by atoms with Gasteiger partial charge < -0.3 is 19.9 Å². The second kappa shape index (κ2) is 6.99. The Kier molecular flexibility index (Phi) is 4.54. The van der Waals surface area contributed by atoms with Crippen LogP contribution in [0.4, 0.5) is 5.69 Å². The fourth-order valence-corrected chi connectivity index (χ4v) is 4.01. The number of benzene rings is 1. The summed E-state index contributed by atoms with van der Waals surface area (Å²) < 4.78 is 2.14. The van der Waals surface area contributed by atoms with Crippen LogP contribution < -0.4 is 11.0 Å². The van der Waals surface area contributed by atoms with Crippen molar-refractivity contribution in [3.63, 3.8) is 0 Å². The summed E-state index contributed by atoms with van der Waals surface area (Å²) in [6.07, 6.45) is 4.41. The molecular weight excluding hydrogens is 352 g/mol. The van der Waals surface area contributed by atoms with Crippen LogP contribution in [0, 0.1) is 0 Å². The Balaban J connectivity index is 1.45. The first kappa shape index (κ1) is 16.9. The van der Waals surface area contributed by atoms with Crippen LogP contribution in [0.25, 0.3) is 11.0 Å². The lowest BCUT2D eigenvalue weighted by atomic mass is 10.2. The molecule has 4 rings (SSSR count). The molecule has 1 aliphatic heterocycles. The molecule has 1 atom stereocenters. The third kappa shape index (κ3) is 3.39. The van der Waals surface area contributed by atoms with Gasteiger partial charge >= 0.3 is 5.69 Å². The highest BCUT2D eigenvalue weighted by Crippen LogP contribution is 2.26. The van der Waals surface area contributed by atoms with Gasteiger partial charge in [0.25, 0.3) is 0 Å². The predicted octanol–water partition coefficient (Wildman–Crippen LogP) is 2.29. The number of thioether (sulfide) groups is 1. The van der Waals surface area contributed by atoms with E-state index in [0.29, 0.717) is 16.7 Å². The van der Waals surface area contributed by atoms with E-state index in [-0.39, 0.29) is 16.8 Å². The molecule has 0 spiro atoms. The van der Waals surface area contributed by atoms with Gasteiger partial charge in [0.2, 0.25) is 5.91 Å². The number of nitrogens with zero attached hydrogens (tertiary/aromatic N) is 3. The molecule has 1 aliphatic rings. The first-order valence-electron chi connectivity index (χ1n) is 8.72. The summed E-state index contributed by atoms with van der Waals surface area (Å²) in [7, 11) is 0. The van der Waals surface area contributed by atoms with Crippen molar-refractivity contribution in [3.8, 4) is 0 Å². The van der Waals surface area contributed by atoms with Crippen molar-refractivity contribution in [2.45, 2.75) is 49.6 Å². The average Bonchev–Trinajstić information content (AvgIpc) is 3.07. The third-order valence-corrected chi connectivity index (χ3v) is 5.59. The maximum Gasteiger partial charge on any atom is 0.323 e. The fourth-order valence-electron chi connectivity index (χ4n) is 3.11. The number of amides is 1. The van der Waals surface area contributed by atoms with Crippen LogP contribution in [-0.2, 0) is 17.8 Å². The van der Waals surface area contributed by atoms with E-state index in [4.69, 9.17) is 0 Å². The van der Waals surface area contributed by atoms with Gasteiger partial charge in [-0.2, -0.15) is 0 Å². The number of fused-ring (bicyclic) bond motifs is 2. The number of H-pyrrole nitrogens is 2. The summed E-state index contributed by atoms with van der Waals surface area (Å²) in [5.74, 6) is 0.901. The lowest BCUT2D eigenvalue weighted by Crippen LogP contribution is -2.23. The van der Waals surface area contributed by atoms with Crippen molar-refractivity contribution in [2.24, 2.45) is 0 Å². The number of imidazole rings is 1. The van der Waals surface area contributed by atoms with Crippen molar-refractivity contribution in [1.82, 2.24) is 24.7 Å². The van der Waals surface area contributed by atoms with Crippen LogP contribution in [0.15, 0.2) is 28.2 Å². The third-order valence-electron chi connectivity index (χ3n) is 4.51. The molecule has 26 heavy (non-hydrogen) atoms. The zero-order chi connectivity index (χ0) is 18.1. The predicted molar refractivity (Wildman–Crippen MR) is 100 cm³/mol. The molecule has 2 aromatic heterocycles. The molecule has 1 amide bonds. The van der Waals surface area contributed by atoms with E-state index in [1.165, 1.54) is 18.2 Å². The number of hydrogen-bond donors (Lipinski definition) is 3. The van der Waals surface area contributed by atoms with Gasteiger partial charge in [-0.3, -0.25) is 4.79 Å². The maximum absolute atomic E-state index is 12.5. The van der Waals surface area contributed by atoms with Crippen molar-refractivity contribution in [2.75, 3.05) is 5.32 Å². The molecule has 3 N–H and O–H groups in total. The highest BCUT2D eigenvalue weighted by Gasteiger charge is 2.21. The van der Waals surface area contributed by atoms with E-state index in [2.05, 4.69) is 30.0 Å². The molecule has 0 aliphatic carbocycles. The quantitative estimate of drug-likeness (QED) is 0.609. The number of hydrogen-bond acceptors (Lipinski definition) is 5. The summed E-state index contributed by atoms with van der Waals surface area (Å²) in [5.41, 5.74) is 1.75. The Morgan fingerprint density at radius 1 is 1.23 bits per heavy atom. The van der Waals surface area contributed by atoms with E-state index < -0.39 is 0 Å². The van der Waals surface area contributed by atoms with E-state index in [9.17, 15) is 9.59 Å². The number of anilines is 1. The molecule has 3 aromatic rings. The molecule has 8 nitrogen and oxygen atoms in total. The second-order valence-electron chi connectivity index (χ2n) is 6.45. The largest absolute Gasteiger partial charge is 0.325 e. The minimum Gasteiger partial charge on any atom is -0.325 e. The summed E-state index contributed by atoms with van der Waals surface area (Å²) in [4.78, 5) is 29.2. The van der Waals surface area contributed by atoms with Crippen LogP contribution >= 0.6 is 11.8 Å². The second-order valence-corrected chi connectivity index (χ2v) is 7.76. The van der Waals surface area contributed by atoms with Gasteiger partial charge in [0.1, 0.15) is 5.82 Å². The minimum absolute atomic E-state index is 0.113. The number of carbonyl (C=O) groups is 1. The van der Waals surface area contributed by atoms with Gasteiger partial charge in [0, 0.05) is 18.7 Å². The number of aromatic amines is 2. The number of carbonyl (C=O) groups excluding carboxylic acids is 1. The Morgan fingerprint density at radius 3 is 2.96 bits per heavy atom. The number of aromatic nitrogens is 5. The lowest BCUT2D eigenvalue weighted by Gasteiger charge is -2.12. The van der Waals surface area contributed by atoms with Crippen molar-refractivity contribution in [1.29, 1.82) is 0 Å². The molecule has 0 bridgehead atoms. The fraction of sp³-hybridized carbons (Fsp3) is 0.412. The smallest absolute Gasteiger partial charge is 0.323 e. The summed E-state index contributed by atoms with van der Waals surface area (Å²) >= 11 is 1.42. The van der Waals surface area contributed by atoms with E-state index in [1.54, 1.807) is 18.2 Å². The first-order chi connectivity index (χ1) is 12.6. The SMILES string of the molecule is CC(Sc1nnc2n1CCCCC2)C(=O)Nc1ccc2[nH]c(=O)[nH]c2c1. The van der Waals surface area contributed by atoms with Gasteiger partial charge in [0.15, 0.2) is 5.16 Å². The maximum atomic E-state index is 12.5. The van der Waals surface area contributed by atoms with Crippen molar-refractivity contribution < 1.29 is 4.79 Å². The van der Waals surface area contributed by atoms with Gasteiger partial charge in [0.05, 0.1) is 16.3 Å². The summed E-state index contributed by atoms with van der Waals surface area (Å²) in [6, 6.07) is 5.27. The van der Waals surface area contributed by atoms with Crippen molar-refractivity contribution >= 4 is 34.4 Å². The molecule has 1 unspecified atom stereocenters. The molecule has 0 saturated carbocycles. The first-order valence-corrected chi connectivity index (χ1v) is 9.60. The molecule has 3 heterocycles. The Morgan fingerprint density at radius 2 is 2.08 bits per heavy atom. The summed E-state index contributed by atoms with van der Waals surface area (Å²) in [6.45, 7) is 2.77. The normalized spacial score (nSPS) is 15.4. The molecule has 0 fully saturated rings. The van der Waals surface area contributed by atoms with Crippen molar-refractivity contribution in [3.05, 3.63) is 34.5 Å². The molecular formula is C17H20N6O2S. The van der Waals surface area contributed by atoms with Gasteiger partial charge in [-0.15, -0.1) is 10.2 Å². The number of rotatable bonds is 4. The Bertz CT molecular complexity index is 1000. The van der Waals surface area contributed by atoms with Crippen LogP contribution in [0.1, 0.15) is 32.0 Å². The van der Waals surface area contributed by atoms with Gasteiger partial charge in [-0.1, -0.05) is 18.2 Å². The zero-order valence-electron chi connectivity index (χ0n) is 14.4. The highest BCUT2D eigenvalue weighted by molar-refractivity contribution is 8.00. The van der Waals surface area contributed by atoms with Crippen LogP contribution in [0.3, 0.4) is 0 Å². The standard InChI is InChI=1S/C17H20N6O2S/c1-10(26-17-22-21-14-5-3-2-4-8-23(14)17)15(24)18-11-6-7-12-13(9-11)20-16(25)19-12/h6-7,9-10H,2-5,8H2,1H3,(H,18,24)(H2,19,20,25). The van der Waals surface area contributed by atoms with E-state index in [0.717, 1.165) is 36.8 Å². The van der Waals surface area contributed by atoms with Gasteiger partial charge in [-0.25, -0.2) is 4.79 Å². The summed E-state index contributed by atoms with van der Waals surface area (Å²) in [5, 5.41) is 11.9. The topological polar surface area (TPSA) is 108 Å². The van der Waals surface area contributed by atoms with Crippen LogP contribution in [0.2, 0.25) is 0 Å². The minimum atomic E-state index is -0.312. The number of nitrogens with one attached hydrogen (secondary N) is 3. The monoisotopic (exact) mass is 372 g/mol. The number of aryl methyl sites for hydroxylation is 1. The molecule has 0 saturated heterocycles. The molecule has 9 heteroatoms. The Hall–Kier alpha value is -2.55. The van der Waals surface area contributed by atoms with Crippen LogP contribution in [-0.4, -0.2) is 35.9 Å². The van der Waals surface area contributed by atoms with Gasteiger partial charge in [-0.05, 0) is 38.0 Å². The van der Waals surface area contributed by atoms with E-state index >= 15 is 0 Å². The Labute approximate surface area is 153 Å². The zero-order valence-corrected chi connectivity index (χ0v) is 15.2. The molecule has 0 radical (unpaired) electrons. The molecule has 136 valence electrons. The average molecular weight is 372 g/mol. The van der Waals surface area contributed by atoms with E-state index in [1.807, 2.05) is 6.92 Å². The molecule has 1 aromatic carbocycles. The lowest BCUT2D eigenvalue weighted by molar-refractivity contribution is -0.115. The van der Waals surface area contributed by atoms with Crippen LogP contribution in [0.5, 0.6) is 0 Å². The highest BCUT2D eigenvalue weighted by atomic mass is 32.2.